The lowest BCUT2D eigenvalue weighted by molar-refractivity contribution is -0.132. The first-order valence-corrected chi connectivity index (χ1v) is 11.2. The molecule has 37 heavy (non-hydrogen) atoms. The van der Waals surface area contributed by atoms with E-state index in [2.05, 4.69) is 9.97 Å². The van der Waals surface area contributed by atoms with Crippen molar-refractivity contribution < 1.29 is 29.3 Å². The first-order chi connectivity index (χ1) is 17.9. The van der Waals surface area contributed by atoms with Crippen molar-refractivity contribution in [3.05, 3.63) is 113 Å². The Kier molecular flexibility index (Phi) is 7.70. The molecule has 8 nitrogen and oxygen atoms in total. The normalized spacial score (nSPS) is 11.1. The monoisotopic (exact) mass is 494 g/mol. The average Bonchev–Trinajstić information content (AvgIpc) is 3.36. The van der Waals surface area contributed by atoms with Gasteiger partial charge in [-0.1, -0.05) is 78.9 Å². The number of imidazole rings is 1. The van der Waals surface area contributed by atoms with Crippen molar-refractivity contribution >= 4 is 30.1 Å². The molecule has 8 heteroatoms. The van der Waals surface area contributed by atoms with Crippen LogP contribution in [0.15, 0.2) is 91.0 Å². The van der Waals surface area contributed by atoms with E-state index in [1.165, 1.54) is 12.2 Å². The lowest BCUT2D eigenvalue weighted by Gasteiger charge is -2.06. The van der Waals surface area contributed by atoms with Crippen molar-refractivity contribution in [1.82, 2.24) is 9.97 Å². The van der Waals surface area contributed by atoms with Gasteiger partial charge in [0.15, 0.2) is 5.69 Å². The Morgan fingerprint density at radius 2 is 1.30 bits per heavy atom. The second-order valence-corrected chi connectivity index (χ2v) is 7.96. The van der Waals surface area contributed by atoms with Crippen molar-refractivity contribution in [1.29, 1.82) is 0 Å². The van der Waals surface area contributed by atoms with Crippen molar-refractivity contribution in [2.45, 2.75) is 6.61 Å². The van der Waals surface area contributed by atoms with E-state index in [0.717, 1.165) is 17.7 Å². The van der Waals surface area contributed by atoms with Crippen LogP contribution in [0.2, 0.25) is 0 Å². The minimum Gasteiger partial charge on any atom is -0.478 e. The third-order valence-corrected chi connectivity index (χ3v) is 5.33. The highest BCUT2D eigenvalue weighted by molar-refractivity contribution is 5.95. The van der Waals surface area contributed by atoms with Gasteiger partial charge >= 0.3 is 17.9 Å². The molecule has 1 heterocycles. The number of hydrogen-bond acceptors (Lipinski definition) is 5. The fourth-order valence-electron chi connectivity index (χ4n) is 3.50. The molecule has 4 aromatic rings. The molecule has 0 saturated carbocycles. The molecule has 0 bridgehead atoms. The average molecular weight is 495 g/mol. The predicted molar refractivity (Wildman–Crippen MR) is 138 cm³/mol. The highest BCUT2D eigenvalue weighted by Crippen LogP contribution is 2.28. The minimum absolute atomic E-state index is 0.0942. The predicted octanol–water partition coefficient (Wildman–Crippen LogP) is 5.30. The zero-order valence-electron chi connectivity index (χ0n) is 19.5. The molecule has 0 unspecified atom stereocenters. The number of rotatable bonds is 9. The Balaban J connectivity index is 1.66. The fourth-order valence-corrected chi connectivity index (χ4v) is 3.50. The number of carbonyl (C=O) groups excluding carboxylic acids is 1. The maximum atomic E-state index is 13.1. The number of carbonyl (C=O) groups is 3. The van der Waals surface area contributed by atoms with Crippen LogP contribution in [0.25, 0.3) is 34.8 Å². The van der Waals surface area contributed by atoms with Crippen LogP contribution >= 0.6 is 0 Å². The molecule has 1 aromatic heterocycles. The van der Waals surface area contributed by atoms with Crippen molar-refractivity contribution in [2.24, 2.45) is 0 Å². The molecule has 0 fully saturated rings. The second-order valence-electron chi connectivity index (χ2n) is 7.96. The van der Waals surface area contributed by atoms with E-state index in [9.17, 15) is 14.4 Å². The fraction of sp³-hybridized carbons (Fsp3) is 0.0345. The number of nitrogens with one attached hydrogen (secondary N) is 1. The van der Waals surface area contributed by atoms with Gasteiger partial charge in [-0.05, 0) is 28.8 Å². The van der Waals surface area contributed by atoms with Gasteiger partial charge < -0.3 is 19.9 Å². The van der Waals surface area contributed by atoms with Gasteiger partial charge in [0.1, 0.15) is 18.1 Å². The molecule has 3 N–H and O–H groups in total. The Labute approximate surface area is 212 Å². The number of nitrogens with zero attached hydrogens (tertiary/aromatic N) is 1. The molecular formula is C29H22N2O6. The lowest BCUT2D eigenvalue weighted by Crippen LogP contribution is -2.07. The van der Waals surface area contributed by atoms with Crippen molar-refractivity contribution in [3.8, 4) is 22.6 Å². The van der Waals surface area contributed by atoms with Gasteiger partial charge in [-0.2, -0.15) is 0 Å². The van der Waals surface area contributed by atoms with Crippen LogP contribution in [0.4, 0.5) is 0 Å². The number of hydrogen-bond donors (Lipinski definition) is 3. The van der Waals surface area contributed by atoms with Gasteiger partial charge in [-0.15, -0.1) is 0 Å². The molecule has 0 aliphatic carbocycles. The number of ether oxygens (including phenoxy) is 1. The first-order valence-electron chi connectivity index (χ1n) is 11.2. The molecule has 0 spiro atoms. The van der Waals surface area contributed by atoms with Gasteiger partial charge in [-0.3, -0.25) is 0 Å². The van der Waals surface area contributed by atoms with Crippen LogP contribution < -0.4 is 0 Å². The molecule has 3 aromatic carbocycles. The minimum atomic E-state index is -1.05. The Morgan fingerprint density at radius 1 is 0.757 bits per heavy atom. The van der Waals surface area contributed by atoms with E-state index in [1.807, 2.05) is 30.3 Å². The van der Waals surface area contributed by atoms with Gasteiger partial charge in [0.2, 0.25) is 0 Å². The third kappa shape index (κ3) is 6.67. The lowest BCUT2D eigenvalue weighted by atomic mass is 10.1. The summed E-state index contributed by atoms with van der Waals surface area (Å²) in [6.07, 6.45) is 5.05. The maximum Gasteiger partial charge on any atom is 0.357 e. The van der Waals surface area contributed by atoms with Gasteiger partial charge in [-0.25, -0.2) is 19.4 Å². The van der Waals surface area contributed by atoms with Gasteiger partial charge in [0.25, 0.3) is 0 Å². The number of aromatic nitrogens is 2. The van der Waals surface area contributed by atoms with Crippen LogP contribution in [0.5, 0.6) is 0 Å². The van der Waals surface area contributed by atoms with Gasteiger partial charge in [0, 0.05) is 23.3 Å². The molecule has 0 saturated heterocycles. The topological polar surface area (TPSA) is 130 Å². The number of benzene rings is 3. The first kappa shape index (κ1) is 24.9. The number of carboxylic acids is 2. The van der Waals surface area contributed by atoms with Crippen LogP contribution in [-0.2, 0) is 20.9 Å². The standard InChI is InChI=1S/C29H22N2O6/c32-24(33)16-10-19-6-12-22(13-7-19)26-27(29(36)37-18-21-4-2-1-3-5-21)31-28(30-26)23-14-8-20(9-15-23)11-17-25(34)35/h1-17H,18H2,(H,30,31)(H,32,33)(H,34,35)/b16-10+,17-11+. The summed E-state index contributed by atoms with van der Waals surface area (Å²) in [5.41, 5.74) is 4.12. The number of H-pyrrole nitrogens is 1. The molecule has 0 amide bonds. The number of aliphatic carboxylic acids is 2. The molecule has 0 aliphatic rings. The Morgan fingerprint density at radius 3 is 1.84 bits per heavy atom. The zero-order valence-corrected chi connectivity index (χ0v) is 19.5. The summed E-state index contributed by atoms with van der Waals surface area (Å²) in [6.45, 7) is 0.0942. The Bertz CT molecular complexity index is 1470. The summed E-state index contributed by atoms with van der Waals surface area (Å²) >= 11 is 0. The summed E-state index contributed by atoms with van der Waals surface area (Å²) in [4.78, 5) is 42.3. The SMILES string of the molecule is O=C(O)/C=C/c1ccc(-c2nc(-c3ccc(/C=C/C(=O)O)cc3)c(C(=O)OCc3ccccc3)[nH]2)cc1. The van der Waals surface area contributed by atoms with E-state index < -0.39 is 17.9 Å². The molecule has 184 valence electrons. The quantitative estimate of drug-likeness (QED) is 0.213. The van der Waals surface area contributed by atoms with E-state index in [1.54, 1.807) is 48.5 Å². The van der Waals surface area contributed by atoms with Crippen LogP contribution in [0.3, 0.4) is 0 Å². The highest BCUT2D eigenvalue weighted by Gasteiger charge is 2.21. The summed E-state index contributed by atoms with van der Waals surface area (Å²) in [7, 11) is 0. The zero-order chi connectivity index (χ0) is 26.2. The van der Waals surface area contributed by atoms with E-state index in [4.69, 9.17) is 14.9 Å². The summed E-state index contributed by atoms with van der Waals surface area (Å²) in [5, 5.41) is 17.7. The number of carboxylic acid groups (broad SMARTS) is 2. The van der Waals surface area contributed by atoms with E-state index in [0.29, 0.717) is 33.8 Å². The summed E-state index contributed by atoms with van der Waals surface area (Å²) in [5.74, 6) is -2.23. The highest BCUT2D eigenvalue weighted by atomic mass is 16.5. The third-order valence-electron chi connectivity index (χ3n) is 5.33. The second kappa shape index (κ2) is 11.5. The van der Waals surface area contributed by atoms with Crippen molar-refractivity contribution in [3.63, 3.8) is 0 Å². The number of aromatic amines is 1. The molecule has 4 rings (SSSR count). The maximum absolute atomic E-state index is 13.1. The van der Waals surface area contributed by atoms with E-state index >= 15 is 0 Å². The Hall–Kier alpha value is -5.24. The van der Waals surface area contributed by atoms with Crippen LogP contribution in [-0.4, -0.2) is 38.1 Å². The molecule has 0 radical (unpaired) electrons. The summed E-state index contributed by atoms with van der Waals surface area (Å²) < 4.78 is 5.54. The number of esters is 1. The molecule has 0 atom stereocenters. The van der Waals surface area contributed by atoms with Crippen LogP contribution in [0, 0.1) is 0 Å². The summed E-state index contributed by atoms with van der Waals surface area (Å²) in [6, 6.07) is 23.3. The van der Waals surface area contributed by atoms with Crippen molar-refractivity contribution in [2.75, 3.05) is 0 Å². The molecule has 0 aliphatic heterocycles. The van der Waals surface area contributed by atoms with Crippen LogP contribution in [0.1, 0.15) is 27.2 Å². The van der Waals surface area contributed by atoms with Gasteiger partial charge in [0.05, 0.1) is 0 Å². The smallest absolute Gasteiger partial charge is 0.357 e. The largest absolute Gasteiger partial charge is 0.478 e. The van der Waals surface area contributed by atoms with E-state index in [-0.39, 0.29) is 12.3 Å². The molecular weight excluding hydrogens is 472 g/mol.